The molecule has 2 atom stereocenters. The van der Waals surface area contributed by atoms with Crippen LogP contribution in [0.2, 0.25) is 0 Å². The van der Waals surface area contributed by atoms with Crippen LogP contribution in [0.1, 0.15) is 32.6 Å². The fourth-order valence-electron chi connectivity index (χ4n) is 2.75. The van der Waals surface area contributed by atoms with E-state index in [1.165, 1.54) is 32.4 Å². The molecule has 0 bridgehead atoms. The van der Waals surface area contributed by atoms with Gasteiger partial charge in [-0.1, -0.05) is 6.92 Å². The second-order valence-corrected chi connectivity index (χ2v) is 4.94. The van der Waals surface area contributed by atoms with E-state index in [1.54, 1.807) is 0 Å². The van der Waals surface area contributed by atoms with Crippen molar-refractivity contribution in [2.45, 2.75) is 44.7 Å². The minimum atomic E-state index is 0.711. The van der Waals surface area contributed by atoms with Gasteiger partial charge in [0, 0.05) is 18.6 Å². The molecular formula is C12H27N3. The van der Waals surface area contributed by atoms with Crippen molar-refractivity contribution in [3.63, 3.8) is 0 Å². The van der Waals surface area contributed by atoms with E-state index in [1.807, 2.05) is 0 Å². The Morgan fingerprint density at radius 1 is 1.47 bits per heavy atom. The Bertz CT molecular complexity index is 170. The van der Waals surface area contributed by atoms with Gasteiger partial charge in [0.15, 0.2) is 0 Å². The molecule has 1 saturated heterocycles. The summed E-state index contributed by atoms with van der Waals surface area (Å²) in [5.41, 5.74) is 5.68. The average Bonchev–Trinajstić information content (AvgIpc) is 2.61. The van der Waals surface area contributed by atoms with E-state index in [4.69, 9.17) is 5.73 Å². The van der Waals surface area contributed by atoms with Gasteiger partial charge in [-0.05, 0) is 52.9 Å². The van der Waals surface area contributed by atoms with Crippen molar-refractivity contribution in [3.8, 4) is 0 Å². The lowest BCUT2D eigenvalue weighted by Crippen LogP contribution is -2.44. The second kappa shape index (κ2) is 6.46. The van der Waals surface area contributed by atoms with Gasteiger partial charge in [-0.25, -0.2) is 0 Å². The van der Waals surface area contributed by atoms with Crippen molar-refractivity contribution in [2.24, 2.45) is 5.73 Å². The molecule has 3 nitrogen and oxygen atoms in total. The summed E-state index contributed by atoms with van der Waals surface area (Å²) in [7, 11) is 4.33. The SMILES string of the molecule is CCC(CCN)N1CCCC1CN(C)C. The molecule has 0 aliphatic carbocycles. The zero-order chi connectivity index (χ0) is 11.3. The van der Waals surface area contributed by atoms with E-state index in [-0.39, 0.29) is 0 Å². The molecule has 2 unspecified atom stereocenters. The summed E-state index contributed by atoms with van der Waals surface area (Å²) in [6, 6.07) is 1.47. The van der Waals surface area contributed by atoms with Crippen LogP contribution in [0.25, 0.3) is 0 Å². The number of likely N-dealkylation sites (tertiary alicyclic amines) is 1. The Kier molecular flexibility index (Phi) is 5.58. The molecule has 0 amide bonds. The standard InChI is InChI=1S/C12H27N3/c1-4-11(7-8-13)15-9-5-6-12(15)10-14(2)3/h11-12H,4-10,13H2,1-3H3. The molecule has 0 aromatic rings. The van der Waals surface area contributed by atoms with Gasteiger partial charge in [-0.3, -0.25) is 4.90 Å². The van der Waals surface area contributed by atoms with Crippen LogP contribution in [0.3, 0.4) is 0 Å². The zero-order valence-corrected chi connectivity index (χ0v) is 10.6. The number of hydrogen-bond acceptors (Lipinski definition) is 3. The molecule has 0 saturated carbocycles. The molecule has 0 aromatic heterocycles. The Balaban J connectivity index is 2.49. The Morgan fingerprint density at radius 3 is 2.73 bits per heavy atom. The zero-order valence-electron chi connectivity index (χ0n) is 10.6. The molecule has 1 aliphatic heterocycles. The first-order valence-corrected chi connectivity index (χ1v) is 6.29. The van der Waals surface area contributed by atoms with Crippen molar-refractivity contribution < 1.29 is 0 Å². The third-order valence-corrected chi connectivity index (χ3v) is 3.44. The molecule has 90 valence electrons. The van der Waals surface area contributed by atoms with E-state index in [0.29, 0.717) is 6.04 Å². The van der Waals surface area contributed by atoms with Crippen LogP contribution in [0.15, 0.2) is 0 Å². The van der Waals surface area contributed by atoms with Crippen LogP contribution >= 0.6 is 0 Å². The van der Waals surface area contributed by atoms with E-state index < -0.39 is 0 Å². The van der Waals surface area contributed by atoms with Crippen LogP contribution in [-0.4, -0.2) is 55.6 Å². The maximum atomic E-state index is 5.68. The first-order chi connectivity index (χ1) is 7.19. The Labute approximate surface area is 94.6 Å². The maximum absolute atomic E-state index is 5.68. The monoisotopic (exact) mass is 213 g/mol. The summed E-state index contributed by atoms with van der Waals surface area (Å²) in [5.74, 6) is 0. The highest BCUT2D eigenvalue weighted by molar-refractivity contribution is 4.85. The van der Waals surface area contributed by atoms with Gasteiger partial charge in [-0.2, -0.15) is 0 Å². The lowest BCUT2D eigenvalue weighted by molar-refractivity contribution is 0.143. The van der Waals surface area contributed by atoms with Crippen LogP contribution in [-0.2, 0) is 0 Å². The van der Waals surface area contributed by atoms with E-state index >= 15 is 0 Å². The van der Waals surface area contributed by atoms with Crippen molar-refractivity contribution in [3.05, 3.63) is 0 Å². The molecular weight excluding hydrogens is 186 g/mol. The van der Waals surface area contributed by atoms with Gasteiger partial charge < -0.3 is 10.6 Å². The predicted octanol–water partition coefficient (Wildman–Crippen LogP) is 1.14. The van der Waals surface area contributed by atoms with Crippen molar-refractivity contribution in [1.29, 1.82) is 0 Å². The number of rotatable bonds is 6. The first-order valence-electron chi connectivity index (χ1n) is 6.29. The van der Waals surface area contributed by atoms with Gasteiger partial charge in [0.25, 0.3) is 0 Å². The van der Waals surface area contributed by atoms with Gasteiger partial charge in [-0.15, -0.1) is 0 Å². The maximum Gasteiger partial charge on any atom is 0.0226 e. The van der Waals surface area contributed by atoms with Gasteiger partial charge >= 0.3 is 0 Å². The highest BCUT2D eigenvalue weighted by atomic mass is 15.2. The predicted molar refractivity (Wildman–Crippen MR) is 66.0 cm³/mol. The molecule has 1 aliphatic rings. The van der Waals surface area contributed by atoms with Gasteiger partial charge in [0.1, 0.15) is 0 Å². The van der Waals surface area contributed by atoms with Crippen LogP contribution < -0.4 is 5.73 Å². The average molecular weight is 213 g/mol. The molecule has 1 fully saturated rings. The topological polar surface area (TPSA) is 32.5 Å². The van der Waals surface area contributed by atoms with E-state index in [9.17, 15) is 0 Å². The van der Waals surface area contributed by atoms with Crippen molar-refractivity contribution >= 4 is 0 Å². The number of nitrogens with two attached hydrogens (primary N) is 1. The number of hydrogen-bond donors (Lipinski definition) is 1. The van der Waals surface area contributed by atoms with Gasteiger partial charge in [0.2, 0.25) is 0 Å². The molecule has 0 radical (unpaired) electrons. The minimum Gasteiger partial charge on any atom is -0.330 e. The van der Waals surface area contributed by atoms with Crippen LogP contribution in [0, 0.1) is 0 Å². The quantitative estimate of drug-likeness (QED) is 0.718. The second-order valence-electron chi connectivity index (χ2n) is 4.94. The largest absolute Gasteiger partial charge is 0.330 e. The molecule has 0 spiro atoms. The first kappa shape index (κ1) is 12.9. The lowest BCUT2D eigenvalue weighted by Gasteiger charge is -2.33. The summed E-state index contributed by atoms with van der Waals surface area (Å²) in [6.07, 6.45) is 5.11. The highest BCUT2D eigenvalue weighted by Crippen LogP contribution is 2.23. The molecule has 15 heavy (non-hydrogen) atoms. The number of likely N-dealkylation sites (N-methyl/N-ethyl adjacent to an activating group) is 1. The third-order valence-electron chi connectivity index (χ3n) is 3.44. The molecule has 3 heteroatoms. The molecule has 2 N–H and O–H groups in total. The Hall–Kier alpha value is -0.120. The fourth-order valence-corrected chi connectivity index (χ4v) is 2.75. The van der Waals surface area contributed by atoms with E-state index in [2.05, 4.69) is 30.8 Å². The summed E-state index contributed by atoms with van der Waals surface area (Å²) >= 11 is 0. The van der Waals surface area contributed by atoms with Crippen molar-refractivity contribution in [1.82, 2.24) is 9.80 Å². The summed E-state index contributed by atoms with van der Waals surface area (Å²) < 4.78 is 0. The molecule has 0 aromatic carbocycles. The van der Waals surface area contributed by atoms with Crippen LogP contribution in [0.5, 0.6) is 0 Å². The van der Waals surface area contributed by atoms with E-state index in [0.717, 1.165) is 19.0 Å². The minimum absolute atomic E-state index is 0.711. The smallest absolute Gasteiger partial charge is 0.0226 e. The summed E-state index contributed by atoms with van der Waals surface area (Å²) in [4.78, 5) is 4.99. The highest BCUT2D eigenvalue weighted by Gasteiger charge is 2.29. The lowest BCUT2D eigenvalue weighted by atomic mass is 10.1. The number of nitrogens with zero attached hydrogens (tertiary/aromatic N) is 2. The summed E-state index contributed by atoms with van der Waals surface area (Å²) in [6.45, 7) is 5.58. The third kappa shape index (κ3) is 3.74. The van der Waals surface area contributed by atoms with Crippen molar-refractivity contribution in [2.75, 3.05) is 33.7 Å². The van der Waals surface area contributed by atoms with Crippen LogP contribution in [0.4, 0.5) is 0 Å². The Morgan fingerprint density at radius 2 is 2.20 bits per heavy atom. The summed E-state index contributed by atoms with van der Waals surface area (Å²) in [5, 5.41) is 0. The molecule has 1 rings (SSSR count). The normalized spacial score (nSPS) is 25.0. The molecule has 1 heterocycles. The van der Waals surface area contributed by atoms with Gasteiger partial charge in [0.05, 0.1) is 0 Å². The fraction of sp³-hybridized carbons (Fsp3) is 1.00.